The van der Waals surface area contributed by atoms with E-state index in [1.54, 1.807) is 12.3 Å². The first-order chi connectivity index (χ1) is 8.18. The fourth-order valence-electron chi connectivity index (χ4n) is 1.63. The third-order valence-electron chi connectivity index (χ3n) is 2.44. The molecule has 0 aliphatic heterocycles. The Balaban J connectivity index is 2.35. The molecule has 0 saturated carbocycles. The molecule has 86 valence electrons. The molecular formula is C14H14N2O. The molecule has 2 rings (SSSR count). The zero-order valence-electron chi connectivity index (χ0n) is 9.73. The van der Waals surface area contributed by atoms with Crippen LogP contribution in [0.4, 0.5) is 0 Å². The Bertz CT molecular complexity index is 570. The van der Waals surface area contributed by atoms with Gasteiger partial charge in [-0.15, -0.1) is 0 Å². The van der Waals surface area contributed by atoms with E-state index >= 15 is 0 Å². The summed E-state index contributed by atoms with van der Waals surface area (Å²) >= 11 is 0. The van der Waals surface area contributed by atoms with Crippen molar-refractivity contribution in [3.8, 4) is 0 Å². The summed E-state index contributed by atoms with van der Waals surface area (Å²) in [5.41, 5.74) is 2.41. The Morgan fingerprint density at radius 2 is 2.18 bits per heavy atom. The lowest BCUT2D eigenvalue weighted by atomic mass is 10.1. The van der Waals surface area contributed by atoms with Crippen molar-refractivity contribution in [3.05, 3.63) is 54.2 Å². The molecule has 0 saturated heterocycles. The van der Waals surface area contributed by atoms with Gasteiger partial charge in [-0.2, -0.15) is 0 Å². The summed E-state index contributed by atoms with van der Waals surface area (Å²) in [4.78, 5) is 16.2. The van der Waals surface area contributed by atoms with Crippen molar-refractivity contribution in [2.45, 2.75) is 6.92 Å². The van der Waals surface area contributed by atoms with Crippen LogP contribution in [0.25, 0.3) is 10.9 Å². The van der Waals surface area contributed by atoms with Gasteiger partial charge in [0.2, 0.25) is 0 Å². The fraction of sp³-hybridized carbons (Fsp3) is 0.143. The van der Waals surface area contributed by atoms with Crippen molar-refractivity contribution in [1.29, 1.82) is 0 Å². The van der Waals surface area contributed by atoms with Crippen LogP contribution in [0.5, 0.6) is 0 Å². The average molecular weight is 226 g/mol. The van der Waals surface area contributed by atoms with Crippen LogP contribution in [0.1, 0.15) is 17.3 Å². The lowest BCUT2D eigenvalue weighted by Crippen LogP contribution is -2.25. The molecule has 0 unspecified atom stereocenters. The molecule has 17 heavy (non-hydrogen) atoms. The molecule has 1 aromatic heterocycles. The number of fused-ring (bicyclic) bond motifs is 1. The van der Waals surface area contributed by atoms with E-state index in [4.69, 9.17) is 0 Å². The third-order valence-corrected chi connectivity index (χ3v) is 2.44. The van der Waals surface area contributed by atoms with E-state index in [0.717, 1.165) is 16.5 Å². The molecule has 0 aliphatic carbocycles. The van der Waals surface area contributed by atoms with Crippen LogP contribution in [0.3, 0.4) is 0 Å². The molecule has 2 aromatic rings. The zero-order valence-corrected chi connectivity index (χ0v) is 9.73. The summed E-state index contributed by atoms with van der Waals surface area (Å²) in [7, 11) is 0. The zero-order chi connectivity index (χ0) is 12.3. The number of benzene rings is 1. The molecule has 0 aliphatic rings. The standard InChI is InChI=1S/C14H14N2O/c1-10(2)9-16-14(17)12-5-3-7-13-11(12)6-4-8-15-13/h3-8H,1,9H2,2H3,(H,16,17). The molecule has 0 fully saturated rings. The van der Waals surface area contributed by atoms with E-state index in [1.807, 2.05) is 31.2 Å². The maximum Gasteiger partial charge on any atom is 0.252 e. The van der Waals surface area contributed by atoms with Crippen LogP contribution in [0.15, 0.2) is 48.7 Å². The molecular weight excluding hydrogens is 212 g/mol. The van der Waals surface area contributed by atoms with Crippen LogP contribution in [-0.2, 0) is 0 Å². The lowest BCUT2D eigenvalue weighted by Gasteiger charge is -2.07. The number of hydrogen-bond donors (Lipinski definition) is 1. The second kappa shape index (κ2) is 4.78. The van der Waals surface area contributed by atoms with Crippen molar-refractivity contribution >= 4 is 16.8 Å². The Hall–Kier alpha value is -2.16. The van der Waals surface area contributed by atoms with Gasteiger partial charge in [-0.3, -0.25) is 9.78 Å². The first-order valence-corrected chi connectivity index (χ1v) is 5.45. The van der Waals surface area contributed by atoms with Gasteiger partial charge in [0.05, 0.1) is 5.52 Å². The molecule has 0 radical (unpaired) electrons. The van der Waals surface area contributed by atoms with Crippen molar-refractivity contribution in [2.75, 3.05) is 6.54 Å². The van der Waals surface area contributed by atoms with E-state index in [-0.39, 0.29) is 5.91 Å². The molecule has 3 heteroatoms. The maximum atomic E-state index is 12.0. The monoisotopic (exact) mass is 226 g/mol. The summed E-state index contributed by atoms with van der Waals surface area (Å²) in [6.45, 7) is 6.13. The molecule has 1 heterocycles. The second-order valence-electron chi connectivity index (χ2n) is 4.02. The first-order valence-electron chi connectivity index (χ1n) is 5.45. The Kier molecular flexibility index (Phi) is 3.19. The van der Waals surface area contributed by atoms with Crippen LogP contribution in [0.2, 0.25) is 0 Å². The van der Waals surface area contributed by atoms with Gasteiger partial charge in [0.25, 0.3) is 5.91 Å². The molecule has 0 bridgehead atoms. The van der Waals surface area contributed by atoms with Gasteiger partial charge in [-0.25, -0.2) is 0 Å². The summed E-state index contributed by atoms with van der Waals surface area (Å²) in [5.74, 6) is -0.0911. The largest absolute Gasteiger partial charge is 0.348 e. The number of carbonyl (C=O) groups is 1. The normalized spacial score (nSPS) is 10.2. The summed E-state index contributed by atoms with van der Waals surface area (Å²) < 4.78 is 0. The van der Waals surface area contributed by atoms with E-state index in [0.29, 0.717) is 12.1 Å². The van der Waals surface area contributed by atoms with E-state index in [9.17, 15) is 4.79 Å². The minimum atomic E-state index is -0.0911. The summed E-state index contributed by atoms with van der Waals surface area (Å²) in [6.07, 6.45) is 1.72. The number of amides is 1. The van der Waals surface area contributed by atoms with Crippen LogP contribution < -0.4 is 5.32 Å². The SMILES string of the molecule is C=C(C)CNC(=O)c1cccc2ncccc12. The van der Waals surface area contributed by atoms with Gasteiger partial charge in [-0.05, 0) is 25.1 Å². The number of rotatable bonds is 3. The van der Waals surface area contributed by atoms with E-state index in [1.165, 1.54) is 0 Å². The van der Waals surface area contributed by atoms with Crippen LogP contribution in [-0.4, -0.2) is 17.4 Å². The van der Waals surface area contributed by atoms with Gasteiger partial charge in [-0.1, -0.05) is 24.3 Å². The van der Waals surface area contributed by atoms with Crippen molar-refractivity contribution in [3.63, 3.8) is 0 Å². The van der Waals surface area contributed by atoms with Gasteiger partial charge >= 0.3 is 0 Å². The second-order valence-corrected chi connectivity index (χ2v) is 4.02. The number of pyridine rings is 1. The van der Waals surface area contributed by atoms with Gasteiger partial charge < -0.3 is 5.32 Å². The molecule has 3 nitrogen and oxygen atoms in total. The number of hydrogen-bond acceptors (Lipinski definition) is 2. The number of nitrogens with zero attached hydrogens (tertiary/aromatic N) is 1. The van der Waals surface area contributed by atoms with Gasteiger partial charge in [0.15, 0.2) is 0 Å². The molecule has 1 aromatic carbocycles. The lowest BCUT2D eigenvalue weighted by molar-refractivity contribution is 0.0958. The predicted molar refractivity (Wildman–Crippen MR) is 68.9 cm³/mol. The Morgan fingerprint density at radius 1 is 1.35 bits per heavy atom. The van der Waals surface area contributed by atoms with E-state index < -0.39 is 0 Å². The van der Waals surface area contributed by atoms with Crippen molar-refractivity contribution in [2.24, 2.45) is 0 Å². The quantitative estimate of drug-likeness (QED) is 0.817. The van der Waals surface area contributed by atoms with Crippen LogP contribution in [0, 0.1) is 0 Å². The predicted octanol–water partition coefficient (Wildman–Crippen LogP) is 2.54. The Labute approximate surface area is 100 Å². The molecule has 1 amide bonds. The smallest absolute Gasteiger partial charge is 0.252 e. The van der Waals surface area contributed by atoms with Gasteiger partial charge in [0, 0.05) is 23.7 Å². The molecule has 1 N–H and O–H groups in total. The first kappa shape index (κ1) is 11.3. The highest BCUT2D eigenvalue weighted by Gasteiger charge is 2.09. The maximum absolute atomic E-state index is 12.0. The summed E-state index contributed by atoms with van der Waals surface area (Å²) in [6, 6.07) is 9.27. The Morgan fingerprint density at radius 3 is 2.94 bits per heavy atom. The highest BCUT2D eigenvalue weighted by Crippen LogP contribution is 2.16. The average Bonchev–Trinajstić information content (AvgIpc) is 2.35. The molecule has 0 spiro atoms. The highest BCUT2D eigenvalue weighted by molar-refractivity contribution is 6.06. The highest BCUT2D eigenvalue weighted by atomic mass is 16.1. The number of aromatic nitrogens is 1. The summed E-state index contributed by atoms with van der Waals surface area (Å²) in [5, 5.41) is 3.69. The topological polar surface area (TPSA) is 42.0 Å². The van der Waals surface area contributed by atoms with Crippen molar-refractivity contribution < 1.29 is 4.79 Å². The van der Waals surface area contributed by atoms with Crippen molar-refractivity contribution in [1.82, 2.24) is 10.3 Å². The number of nitrogens with one attached hydrogen (secondary N) is 1. The van der Waals surface area contributed by atoms with E-state index in [2.05, 4.69) is 16.9 Å². The van der Waals surface area contributed by atoms with Gasteiger partial charge in [0.1, 0.15) is 0 Å². The van der Waals surface area contributed by atoms with Crippen LogP contribution >= 0.6 is 0 Å². The fourth-order valence-corrected chi connectivity index (χ4v) is 1.63. The minimum Gasteiger partial charge on any atom is -0.348 e. The number of carbonyl (C=O) groups excluding carboxylic acids is 1. The molecule has 0 atom stereocenters. The third kappa shape index (κ3) is 2.50. The minimum absolute atomic E-state index is 0.0911.